The second-order valence-corrected chi connectivity index (χ2v) is 7.51. The number of hydrogen-bond donors (Lipinski definition) is 5. The number of benzene rings is 2. The minimum atomic E-state index is -1.02. The van der Waals surface area contributed by atoms with E-state index in [1.165, 1.54) is 11.6 Å². The Bertz CT molecular complexity index is 941. The van der Waals surface area contributed by atoms with Crippen molar-refractivity contribution in [2.75, 3.05) is 13.2 Å². The van der Waals surface area contributed by atoms with E-state index in [1.54, 1.807) is 18.2 Å². The molecular formula is C22H26N2Na2O6. The molecule has 1 aliphatic rings. The van der Waals surface area contributed by atoms with Crippen LogP contribution in [0.25, 0.3) is 0 Å². The van der Waals surface area contributed by atoms with Crippen molar-refractivity contribution in [3.63, 3.8) is 0 Å². The smallest absolute Gasteiger partial charge is 0.341 e. The summed E-state index contributed by atoms with van der Waals surface area (Å²) in [6, 6.07) is 10.4. The van der Waals surface area contributed by atoms with Gasteiger partial charge in [0.05, 0.1) is 12.5 Å². The molecule has 162 valence electrons. The summed E-state index contributed by atoms with van der Waals surface area (Å²) in [5, 5.41) is 32.5. The fourth-order valence-corrected chi connectivity index (χ4v) is 3.68. The van der Waals surface area contributed by atoms with Crippen LogP contribution in [-0.4, -0.2) is 106 Å². The van der Waals surface area contributed by atoms with E-state index >= 15 is 0 Å². The summed E-state index contributed by atoms with van der Waals surface area (Å²) in [6.07, 6.45) is 1.64. The first-order valence-corrected chi connectivity index (χ1v) is 9.79. The van der Waals surface area contributed by atoms with Crippen LogP contribution in [0.2, 0.25) is 0 Å². The van der Waals surface area contributed by atoms with Crippen LogP contribution in [0.1, 0.15) is 34.8 Å². The van der Waals surface area contributed by atoms with Crippen LogP contribution < -0.4 is 15.8 Å². The molecule has 0 spiro atoms. The molecule has 0 aliphatic heterocycles. The van der Waals surface area contributed by atoms with E-state index in [4.69, 9.17) is 15.6 Å². The van der Waals surface area contributed by atoms with E-state index in [0.717, 1.165) is 24.8 Å². The van der Waals surface area contributed by atoms with Gasteiger partial charge in [0, 0.05) is 77.3 Å². The maximum absolute atomic E-state index is 11.1. The van der Waals surface area contributed by atoms with Crippen molar-refractivity contribution in [2.24, 2.45) is 5.73 Å². The van der Waals surface area contributed by atoms with Gasteiger partial charge in [-0.25, -0.2) is 4.79 Å². The van der Waals surface area contributed by atoms with Crippen LogP contribution in [-0.2, 0) is 28.9 Å². The number of phenols is 1. The Morgan fingerprint density at radius 3 is 2.59 bits per heavy atom. The molecule has 2 aromatic carbocycles. The van der Waals surface area contributed by atoms with Crippen molar-refractivity contribution in [1.29, 1.82) is 0 Å². The predicted molar refractivity (Wildman–Crippen MR) is 121 cm³/mol. The molecule has 8 nitrogen and oxygen atoms in total. The van der Waals surface area contributed by atoms with Gasteiger partial charge in [-0.1, -0.05) is 12.1 Å². The van der Waals surface area contributed by atoms with E-state index in [2.05, 4.69) is 5.32 Å². The van der Waals surface area contributed by atoms with Crippen molar-refractivity contribution in [3.05, 3.63) is 58.7 Å². The summed E-state index contributed by atoms with van der Waals surface area (Å²) in [5.41, 5.74) is 8.49. The SMILES string of the molecule is NC(=O)Cc1cc(C(O)CN[C@H]2CCc3ccc(OCC(=O)O)cc3C2)ccc1O.[Na].[Na]. The van der Waals surface area contributed by atoms with Gasteiger partial charge in [0.1, 0.15) is 11.5 Å². The Labute approximate surface area is 231 Å². The first-order valence-electron chi connectivity index (χ1n) is 9.79. The number of aryl methyl sites for hydroxylation is 1. The number of aliphatic carboxylic acids is 1. The normalized spacial score (nSPS) is 15.5. The number of aliphatic hydroxyl groups is 1. The third kappa shape index (κ3) is 8.35. The summed E-state index contributed by atoms with van der Waals surface area (Å²) in [5.74, 6) is -1.07. The number of aromatic hydroxyl groups is 1. The fraction of sp³-hybridized carbons (Fsp3) is 0.364. The van der Waals surface area contributed by atoms with E-state index < -0.39 is 18.0 Å². The number of phenolic OH excluding ortho intramolecular Hbond substituents is 1. The summed E-state index contributed by atoms with van der Waals surface area (Å²) < 4.78 is 5.26. The number of amides is 1. The first-order chi connectivity index (χ1) is 14.3. The topological polar surface area (TPSA) is 142 Å². The van der Waals surface area contributed by atoms with Crippen LogP contribution in [0.3, 0.4) is 0 Å². The minimum absolute atomic E-state index is 0. The molecule has 0 saturated carbocycles. The van der Waals surface area contributed by atoms with Gasteiger partial charge in [-0.15, -0.1) is 0 Å². The summed E-state index contributed by atoms with van der Waals surface area (Å²) >= 11 is 0. The van der Waals surface area contributed by atoms with E-state index in [-0.39, 0.29) is 83.9 Å². The zero-order valence-corrected chi connectivity index (χ0v) is 22.5. The van der Waals surface area contributed by atoms with Gasteiger partial charge in [0.25, 0.3) is 0 Å². The fourth-order valence-electron chi connectivity index (χ4n) is 3.68. The number of primary amides is 1. The number of nitrogens with two attached hydrogens (primary N) is 1. The largest absolute Gasteiger partial charge is 0.508 e. The third-order valence-corrected chi connectivity index (χ3v) is 5.22. The van der Waals surface area contributed by atoms with Crippen molar-refractivity contribution in [2.45, 2.75) is 37.8 Å². The number of carbonyl (C=O) groups is 2. The molecule has 2 aromatic rings. The Morgan fingerprint density at radius 2 is 1.91 bits per heavy atom. The molecule has 0 heterocycles. The van der Waals surface area contributed by atoms with Crippen LogP contribution in [0, 0.1) is 0 Å². The van der Waals surface area contributed by atoms with Crippen molar-refractivity contribution in [1.82, 2.24) is 5.32 Å². The molecule has 0 aromatic heterocycles. The van der Waals surface area contributed by atoms with Crippen molar-refractivity contribution < 1.29 is 29.6 Å². The standard InChI is InChI=1S/C22H26N2O6.2Na/c23-21(27)10-16-7-14(3-6-19(16)25)20(26)11-24-17-4-1-13-2-5-18(9-15(13)8-17)30-12-22(28)29;;/h2-3,5-7,9,17,20,24-26H,1,4,8,10-12H2,(H2,23,27)(H,28,29);;/t17-,20?;;/m0../s1. The average molecular weight is 460 g/mol. The minimum Gasteiger partial charge on any atom is -0.508 e. The number of ether oxygens (including phenoxy) is 1. The second-order valence-electron chi connectivity index (χ2n) is 7.51. The molecule has 0 fully saturated rings. The number of fused-ring (bicyclic) bond motifs is 1. The summed E-state index contributed by atoms with van der Waals surface area (Å²) in [7, 11) is 0. The zero-order chi connectivity index (χ0) is 21.7. The van der Waals surface area contributed by atoms with Gasteiger partial charge >= 0.3 is 5.97 Å². The second kappa shape index (κ2) is 13.6. The number of aliphatic hydroxyl groups excluding tert-OH is 1. The molecule has 6 N–H and O–H groups in total. The molecule has 1 unspecified atom stereocenters. The average Bonchev–Trinajstić information content (AvgIpc) is 2.71. The van der Waals surface area contributed by atoms with Crippen molar-refractivity contribution >= 4 is 71.0 Å². The molecule has 1 amide bonds. The van der Waals surface area contributed by atoms with Gasteiger partial charge in [0.15, 0.2) is 6.61 Å². The zero-order valence-electron chi connectivity index (χ0n) is 18.5. The molecule has 1 aliphatic carbocycles. The summed E-state index contributed by atoms with van der Waals surface area (Å²) in [6.45, 7) is -0.0625. The first kappa shape index (κ1) is 28.9. The van der Waals surface area contributed by atoms with Gasteiger partial charge in [-0.2, -0.15) is 0 Å². The number of carbonyl (C=O) groups excluding carboxylic acids is 1. The third-order valence-electron chi connectivity index (χ3n) is 5.22. The quantitative estimate of drug-likeness (QED) is 0.339. The summed E-state index contributed by atoms with van der Waals surface area (Å²) in [4.78, 5) is 21.8. The Balaban J connectivity index is 0.00000256. The van der Waals surface area contributed by atoms with Crippen LogP contribution in [0.4, 0.5) is 0 Å². The predicted octanol–water partition coefficient (Wildman–Crippen LogP) is 0.302. The Morgan fingerprint density at radius 1 is 1.16 bits per heavy atom. The van der Waals surface area contributed by atoms with E-state index in [1.807, 2.05) is 12.1 Å². The molecule has 32 heavy (non-hydrogen) atoms. The number of carboxylic acid groups (broad SMARTS) is 1. The molecule has 10 heteroatoms. The van der Waals surface area contributed by atoms with Gasteiger partial charge in [-0.3, -0.25) is 4.79 Å². The molecule has 3 rings (SSSR count). The number of nitrogens with one attached hydrogen (secondary N) is 1. The molecular weight excluding hydrogens is 434 g/mol. The number of carboxylic acids is 1. The van der Waals surface area contributed by atoms with Crippen LogP contribution in [0.5, 0.6) is 11.5 Å². The van der Waals surface area contributed by atoms with Crippen LogP contribution >= 0.6 is 0 Å². The van der Waals surface area contributed by atoms with E-state index in [0.29, 0.717) is 23.4 Å². The van der Waals surface area contributed by atoms with Gasteiger partial charge in [-0.05, 0) is 60.2 Å². The maximum Gasteiger partial charge on any atom is 0.341 e. The molecule has 2 atom stereocenters. The van der Waals surface area contributed by atoms with Gasteiger partial charge < -0.3 is 31.1 Å². The molecule has 0 bridgehead atoms. The van der Waals surface area contributed by atoms with Crippen molar-refractivity contribution in [3.8, 4) is 11.5 Å². The monoisotopic (exact) mass is 460 g/mol. The number of hydrogen-bond acceptors (Lipinski definition) is 6. The Hall–Kier alpha value is -1.10. The maximum atomic E-state index is 11.1. The molecule has 2 radical (unpaired) electrons. The van der Waals surface area contributed by atoms with Crippen LogP contribution in [0.15, 0.2) is 36.4 Å². The Kier molecular flexibility index (Phi) is 12.3. The number of rotatable bonds is 9. The van der Waals surface area contributed by atoms with E-state index in [9.17, 15) is 19.8 Å². The molecule has 0 saturated heterocycles. The van der Waals surface area contributed by atoms with Gasteiger partial charge in [0.2, 0.25) is 5.91 Å².